The molecule has 4 rings (SSSR count). The molecular weight excluding hydrogens is 336 g/mol. The second kappa shape index (κ2) is 6.96. The van der Waals surface area contributed by atoms with Gasteiger partial charge in [-0.1, -0.05) is 48.0 Å². The van der Waals surface area contributed by atoms with Gasteiger partial charge in [0.05, 0.1) is 5.69 Å². The topological polar surface area (TPSA) is 59.1 Å². The SMILES string of the molecule is CC(=O)c1cccc(N=Nc2c(-c3ccc(C)cc3)nc3ccccn23)c1. The highest BCUT2D eigenvalue weighted by Crippen LogP contribution is 2.32. The number of Topliss-reactive ketones (excluding diaryl/α,β-unsaturated/α-hetero) is 1. The number of aryl methyl sites for hydroxylation is 1. The maximum Gasteiger partial charge on any atom is 0.187 e. The third kappa shape index (κ3) is 3.40. The van der Waals surface area contributed by atoms with E-state index < -0.39 is 0 Å². The summed E-state index contributed by atoms with van der Waals surface area (Å²) in [5.74, 6) is 0.657. The molecule has 2 aromatic carbocycles. The van der Waals surface area contributed by atoms with Crippen molar-refractivity contribution in [2.75, 3.05) is 0 Å². The van der Waals surface area contributed by atoms with Crippen molar-refractivity contribution in [1.29, 1.82) is 0 Å². The molecule has 0 aliphatic rings. The first-order valence-corrected chi connectivity index (χ1v) is 8.69. The van der Waals surface area contributed by atoms with Crippen molar-refractivity contribution in [2.24, 2.45) is 10.2 Å². The van der Waals surface area contributed by atoms with E-state index in [9.17, 15) is 4.79 Å². The van der Waals surface area contributed by atoms with Gasteiger partial charge in [0.2, 0.25) is 0 Å². The van der Waals surface area contributed by atoms with Crippen LogP contribution in [0.25, 0.3) is 16.9 Å². The number of hydrogen-bond acceptors (Lipinski definition) is 4. The van der Waals surface area contributed by atoms with E-state index in [2.05, 4.69) is 29.3 Å². The molecular formula is C22H18N4O. The van der Waals surface area contributed by atoms with Gasteiger partial charge in [0.25, 0.3) is 0 Å². The average molecular weight is 354 g/mol. The number of rotatable bonds is 4. The summed E-state index contributed by atoms with van der Waals surface area (Å²) in [5, 5.41) is 8.84. The largest absolute Gasteiger partial charge is 0.295 e. The molecule has 2 heterocycles. The highest BCUT2D eigenvalue weighted by Gasteiger charge is 2.13. The highest BCUT2D eigenvalue weighted by atomic mass is 16.1. The quantitative estimate of drug-likeness (QED) is 0.337. The maximum absolute atomic E-state index is 11.6. The number of hydrogen-bond donors (Lipinski definition) is 0. The van der Waals surface area contributed by atoms with Crippen LogP contribution in [0, 0.1) is 6.92 Å². The Balaban J connectivity index is 1.83. The number of fused-ring (bicyclic) bond motifs is 1. The number of aromatic nitrogens is 2. The molecule has 0 N–H and O–H groups in total. The minimum Gasteiger partial charge on any atom is -0.295 e. The molecule has 0 bridgehead atoms. The van der Waals surface area contributed by atoms with Crippen molar-refractivity contribution < 1.29 is 4.79 Å². The Morgan fingerprint density at radius 2 is 1.78 bits per heavy atom. The molecule has 0 atom stereocenters. The van der Waals surface area contributed by atoms with Crippen LogP contribution in [0.5, 0.6) is 0 Å². The number of ketones is 1. The fourth-order valence-electron chi connectivity index (χ4n) is 2.88. The molecule has 0 amide bonds. The predicted octanol–water partition coefficient (Wildman–Crippen LogP) is 5.93. The second-order valence-corrected chi connectivity index (χ2v) is 6.39. The van der Waals surface area contributed by atoms with Gasteiger partial charge in [-0.2, -0.15) is 0 Å². The van der Waals surface area contributed by atoms with Crippen molar-refractivity contribution >= 4 is 22.9 Å². The molecule has 27 heavy (non-hydrogen) atoms. The molecule has 2 aromatic heterocycles. The van der Waals surface area contributed by atoms with Crippen LogP contribution in [0.3, 0.4) is 0 Å². The van der Waals surface area contributed by atoms with Gasteiger partial charge in [-0.3, -0.25) is 9.20 Å². The van der Waals surface area contributed by atoms with Crippen LogP contribution in [0.4, 0.5) is 11.5 Å². The third-order valence-corrected chi connectivity index (χ3v) is 4.34. The predicted molar refractivity (Wildman–Crippen MR) is 106 cm³/mol. The van der Waals surface area contributed by atoms with Crippen molar-refractivity contribution in [3.8, 4) is 11.3 Å². The molecule has 0 aliphatic carbocycles. The van der Waals surface area contributed by atoms with E-state index in [0.29, 0.717) is 17.1 Å². The second-order valence-electron chi connectivity index (χ2n) is 6.39. The highest BCUT2D eigenvalue weighted by molar-refractivity contribution is 5.94. The minimum absolute atomic E-state index is 0.00203. The van der Waals surface area contributed by atoms with Crippen molar-refractivity contribution in [2.45, 2.75) is 13.8 Å². The van der Waals surface area contributed by atoms with Gasteiger partial charge in [0.1, 0.15) is 11.3 Å². The zero-order valence-electron chi connectivity index (χ0n) is 15.1. The van der Waals surface area contributed by atoms with Crippen LogP contribution in [0.1, 0.15) is 22.8 Å². The summed E-state index contributed by atoms with van der Waals surface area (Å²) < 4.78 is 1.91. The van der Waals surface area contributed by atoms with Gasteiger partial charge < -0.3 is 0 Å². The average Bonchev–Trinajstić information content (AvgIpc) is 3.06. The molecule has 0 saturated heterocycles. The van der Waals surface area contributed by atoms with Gasteiger partial charge in [-0.15, -0.1) is 10.2 Å². The van der Waals surface area contributed by atoms with Crippen LogP contribution in [-0.2, 0) is 0 Å². The summed E-state index contributed by atoms with van der Waals surface area (Å²) in [6.45, 7) is 3.59. The van der Waals surface area contributed by atoms with Crippen LogP contribution < -0.4 is 0 Å². The molecule has 0 saturated carbocycles. The summed E-state index contributed by atoms with van der Waals surface area (Å²) in [6.07, 6.45) is 1.92. The summed E-state index contributed by atoms with van der Waals surface area (Å²) in [6, 6.07) is 21.1. The minimum atomic E-state index is 0.00203. The third-order valence-electron chi connectivity index (χ3n) is 4.34. The van der Waals surface area contributed by atoms with E-state index in [-0.39, 0.29) is 5.78 Å². The molecule has 0 radical (unpaired) electrons. The smallest absolute Gasteiger partial charge is 0.187 e. The van der Waals surface area contributed by atoms with E-state index >= 15 is 0 Å². The fourth-order valence-corrected chi connectivity index (χ4v) is 2.88. The zero-order valence-corrected chi connectivity index (χ0v) is 15.1. The summed E-state index contributed by atoms with van der Waals surface area (Å²) in [4.78, 5) is 16.3. The molecule has 5 nitrogen and oxygen atoms in total. The number of pyridine rings is 1. The van der Waals surface area contributed by atoms with Crippen LogP contribution in [0.15, 0.2) is 83.2 Å². The van der Waals surface area contributed by atoms with E-state index in [0.717, 1.165) is 16.9 Å². The molecule has 0 spiro atoms. The molecule has 0 fully saturated rings. The summed E-state index contributed by atoms with van der Waals surface area (Å²) in [5.41, 5.74) is 4.99. The van der Waals surface area contributed by atoms with Gasteiger partial charge in [0, 0.05) is 17.3 Å². The van der Waals surface area contributed by atoms with E-state index in [1.807, 2.05) is 47.0 Å². The Morgan fingerprint density at radius 3 is 2.56 bits per heavy atom. The normalized spacial score (nSPS) is 11.3. The maximum atomic E-state index is 11.6. The van der Waals surface area contributed by atoms with Crippen LogP contribution >= 0.6 is 0 Å². The zero-order chi connectivity index (χ0) is 18.8. The Kier molecular flexibility index (Phi) is 4.34. The van der Waals surface area contributed by atoms with E-state index in [4.69, 9.17) is 4.98 Å². The van der Waals surface area contributed by atoms with Crippen molar-refractivity contribution in [3.05, 3.63) is 84.1 Å². The lowest BCUT2D eigenvalue weighted by molar-refractivity contribution is 0.101. The molecule has 0 unspecified atom stereocenters. The van der Waals surface area contributed by atoms with Crippen molar-refractivity contribution in [1.82, 2.24) is 9.38 Å². The summed E-state index contributed by atoms with van der Waals surface area (Å²) >= 11 is 0. The molecule has 5 heteroatoms. The number of nitrogens with zero attached hydrogens (tertiary/aromatic N) is 4. The Labute approximate surface area is 157 Å². The number of imidazole rings is 1. The first-order valence-electron chi connectivity index (χ1n) is 8.69. The standard InChI is InChI=1S/C22H18N4O/c1-15-9-11-17(12-10-15)21-22(26-13-4-3-8-20(26)23-21)25-24-19-7-5-6-18(14-19)16(2)27/h3-14H,1-2H3. The number of azo groups is 1. The number of carbonyl (C=O) groups excluding carboxylic acids is 1. The first-order chi connectivity index (χ1) is 13.1. The molecule has 132 valence electrons. The van der Waals surface area contributed by atoms with Gasteiger partial charge >= 0.3 is 0 Å². The Bertz CT molecular complexity index is 1160. The lowest BCUT2D eigenvalue weighted by Crippen LogP contribution is -1.89. The van der Waals surface area contributed by atoms with Gasteiger partial charge in [-0.25, -0.2) is 4.98 Å². The number of carbonyl (C=O) groups is 1. The Hall–Kier alpha value is -3.60. The molecule has 4 aromatic rings. The lowest BCUT2D eigenvalue weighted by Gasteiger charge is -2.01. The van der Waals surface area contributed by atoms with Crippen LogP contribution in [0.2, 0.25) is 0 Å². The van der Waals surface area contributed by atoms with E-state index in [1.165, 1.54) is 12.5 Å². The Morgan fingerprint density at radius 1 is 0.963 bits per heavy atom. The van der Waals surface area contributed by atoms with Gasteiger partial charge in [-0.05, 0) is 38.1 Å². The first kappa shape index (κ1) is 16.8. The monoisotopic (exact) mass is 354 g/mol. The lowest BCUT2D eigenvalue weighted by atomic mass is 10.1. The summed E-state index contributed by atoms with van der Waals surface area (Å²) in [7, 11) is 0. The van der Waals surface area contributed by atoms with Crippen molar-refractivity contribution in [3.63, 3.8) is 0 Å². The van der Waals surface area contributed by atoms with Gasteiger partial charge in [0.15, 0.2) is 11.6 Å². The van der Waals surface area contributed by atoms with Crippen LogP contribution in [-0.4, -0.2) is 15.2 Å². The molecule has 0 aliphatic heterocycles. The van der Waals surface area contributed by atoms with E-state index in [1.54, 1.807) is 18.2 Å². The number of benzene rings is 2. The fraction of sp³-hybridized carbons (Fsp3) is 0.0909.